The SMILES string of the molecule is OC(Cc1cncs1)c1c(F)cccc1Br. The average molecular weight is 302 g/mol. The summed E-state index contributed by atoms with van der Waals surface area (Å²) in [7, 11) is 0. The predicted molar refractivity (Wildman–Crippen MR) is 64.9 cm³/mol. The Morgan fingerprint density at radius 1 is 1.50 bits per heavy atom. The summed E-state index contributed by atoms with van der Waals surface area (Å²) >= 11 is 4.69. The van der Waals surface area contributed by atoms with Crippen molar-refractivity contribution >= 4 is 27.3 Å². The summed E-state index contributed by atoms with van der Waals surface area (Å²) in [6, 6.07) is 4.66. The number of hydrogen-bond acceptors (Lipinski definition) is 3. The highest BCUT2D eigenvalue weighted by Crippen LogP contribution is 2.29. The van der Waals surface area contributed by atoms with Crippen molar-refractivity contribution in [1.82, 2.24) is 4.98 Å². The number of thiazole rings is 1. The van der Waals surface area contributed by atoms with Crippen LogP contribution in [-0.4, -0.2) is 10.1 Å². The van der Waals surface area contributed by atoms with Gasteiger partial charge in [0.25, 0.3) is 0 Å². The van der Waals surface area contributed by atoms with Crippen molar-refractivity contribution in [3.63, 3.8) is 0 Å². The molecule has 2 nitrogen and oxygen atoms in total. The van der Waals surface area contributed by atoms with Crippen LogP contribution in [0.4, 0.5) is 4.39 Å². The molecule has 2 aromatic rings. The fourth-order valence-electron chi connectivity index (χ4n) is 1.46. The van der Waals surface area contributed by atoms with E-state index >= 15 is 0 Å². The van der Waals surface area contributed by atoms with Gasteiger partial charge in [0.1, 0.15) is 5.82 Å². The number of aromatic nitrogens is 1. The molecule has 0 saturated heterocycles. The highest BCUT2D eigenvalue weighted by Gasteiger charge is 2.17. The molecule has 0 radical (unpaired) electrons. The first kappa shape index (κ1) is 11.7. The van der Waals surface area contributed by atoms with E-state index in [1.807, 2.05) is 0 Å². The molecular weight excluding hydrogens is 293 g/mol. The Kier molecular flexibility index (Phi) is 3.68. The number of aliphatic hydroxyl groups is 1. The van der Waals surface area contributed by atoms with Crippen molar-refractivity contribution in [2.75, 3.05) is 0 Å². The van der Waals surface area contributed by atoms with Crippen LogP contribution in [0.3, 0.4) is 0 Å². The number of benzene rings is 1. The number of halogens is 2. The van der Waals surface area contributed by atoms with E-state index in [1.54, 1.807) is 23.8 Å². The molecule has 0 aliphatic heterocycles. The van der Waals surface area contributed by atoms with Crippen molar-refractivity contribution in [3.8, 4) is 0 Å². The Labute approximate surface area is 105 Å². The Balaban J connectivity index is 2.24. The standard InChI is InChI=1S/C11H9BrFNOS/c12-8-2-1-3-9(13)11(8)10(15)4-7-5-14-6-16-7/h1-3,5-6,10,15H,4H2. The molecule has 1 heterocycles. The van der Waals surface area contributed by atoms with E-state index in [1.165, 1.54) is 17.4 Å². The topological polar surface area (TPSA) is 33.1 Å². The molecule has 0 aliphatic carbocycles. The van der Waals surface area contributed by atoms with Crippen molar-refractivity contribution in [3.05, 3.63) is 50.6 Å². The molecule has 84 valence electrons. The molecule has 1 atom stereocenters. The molecule has 0 spiro atoms. The number of hydrogen-bond donors (Lipinski definition) is 1. The normalized spacial score (nSPS) is 12.7. The third kappa shape index (κ3) is 2.48. The molecule has 1 aromatic carbocycles. The highest BCUT2D eigenvalue weighted by atomic mass is 79.9. The van der Waals surface area contributed by atoms with Gasteiger partial charge in [-0.15, -0.1) is 11.3 Å². The number of aliphatic hydroxyl groups excluding tert-OH is 1. The van der Waals surface area contributed by atoms with Gasteiger partial charge in [-0.25, -0.2) is 4.39 Å². The van der Waals surface area contributed by atoms with Crippen LogP contribution in [-0.2, 0) is 6.42 Å². The summed E-state index contributed by atoms with van der Waals surface area (Å²) in [6.07, 6.45) is 1.21. The van der Waals surface area contributed by atoms with Gasteiger partial charge in [-0.3, -0.25) is 4.98 Å². The zero-order chi connectivity index (χ0) is 11.5. The smallest absolute Gasteiger partial charge is 0.130 e. The maximum absolute atomic E-state index is 13.5. The van der Waals surface area contributed by atoms with Crippen LogP contribution in [0.2, 0.25) is 0 Å². The predicted octanol–water partition coefficient (Wildman–Crippen LogP) is 3.32. The lowest BCUT2D eigenvalue weighted by atomic mass is 10.1. The van der Waals surface area contributed by atoms with Crippen molar-refractivity contribution in [2.24, 2.45) is 0 Å². The van der Waals surface area contributed by atoms with E-state index in [0.29, 0.717) is 16.5 Å². The van der Waals surface area contributed by atoms with Gasteiger partial charge < -0.3 is 5.11 Å². The van der Waals surface area contributed by atoms with E-state index in [0.717, 1.165) is 4.88 Å². The van der Waals surface area contributed by atoms with Gasteiger partial charge in [-0.05, 0) is 12.1 Å². The van der Waals surface area contributed by atoms with Crippen LogP contribution >= 0.6 is 27.3 Å². The highest BCUT2D eigenvalue weighted by molar-refractivity contribution is 9.10. The number of nitrogens with zero attached hydrogens (tertiary/aromatic N) is 1. The molecule has 1 aromatic heterocycles. The molecule has 5 heteroatoms. The molecule has 0 amide bonds. The minimum Gasteiger partial charge on any atom is -0.388 e. The van der Waals surface area contributed by atoms with E-state index in [4.69, 9.17) is 0 Å². The van der Waals surface area contributed by atoms with Gasteiger partial charge in [-0.1, -0.05) is 22.0 Å². The monoisotopic (exact) mass is 301 g/mol. The lowest BCUT2D eigenvalue weighted by Gasteiger charge is -2.12. The maximum Gasteiger partial charge on any atom is 0.130 e. The minimum absolute atomic E-state index is 0.302. The zero-order valence-electron chi connectivity index (χ0n) is 8.23. The van der Waals surface area contributed by atoms with Crippen LogP contribution < -0.4 is 0 Å². The van der Waals surface area contributed by atoms with Crippen LogP contribution in [0.5, 0.6) is 0 Å². The quantitative estimate of drug-likeness (QED) is 0.943. The van der Waals surface area contributed by atoms with Crippen molar-refractivity contribution < 1.29 is 9.50 Å². The molecule has 0 saturated carbocycles. The second-order valence-corrected chi connectivity index (χ2v) is 5.15. The van der Waals surface area contributed by atoms with Gasteiger partial charge in [0.15, 0.2) is 0 Å². The molecule has 1 N–H and O–H groups in total. The Morgan fingerprint density at radius 3 is 2.94 bits per heavy atom. The fraction of sp³-hybridized carbons (Fsp3) is 0.182. The Bertz CT molecular complexity index is 455. The molecule has 0 bridgehead atoms. The molecule has 16 heavy (non-hydrogen) atoms. The fourth-order valence-corrected chi connectivity index (χ4v) is 2.70. The summed E-state index contributed by atoms with van der Waals surface area (Å²) in [5.74, 6) is -0.397. The Hall–Kier alpha value is -0.780. The average Bonchev–Trinajstić information content (AvgIpc) is 2.70. The van der Waals surface area contributed by atoms with Gasteiger partial charge >= 0.3 is 0 Å². The Morgan fingerprint density at radius 2 is 2.31 bits per heavy atom. The van der Waals surface area contributed by atoms with Gasteiger partial charge in [-0.2, -0.15) is 0 Å². The van der Waals surface area contributed by atoms with Crippen LogP contribution in [0, 0.1) is 5.82 Å². The molecule has 2 rings (SSSR count). The third-order valence-corrected chi connectivity index (χ3v) is 3.70. The lowest BCUT2D eigenvalue weighted by Crippen LogP contribution is -2.04. The van der Waals surface area contributed by atoms with Gasteiger partial charge in [0.05, 0.1) is 11.6 Å². The van der Waals surface area contributed by atoms with E-state index < -0.39 is 11.9 Å². The van der Waals surface area contributed by atoms with Crippen molar-refractivity contribution in [2.45, 2.75) is 12.5 Å². The molecular formula is C11H9BrFNOS. The van der Waals surface area contributed by atoms with Crippen LogP contribution in [0.1, 0.15) is 16.5 Å². The summed E-state index contributed by atoms with van der Waals surface area (Å²) in [5.41, 5.74) is 1.99. The van der Waals surface area contributed by atoms with E-state index in [-0.39, 0.29) is 0 Å². The summed E-state index contributed by atoms with van der Waals surface area (Å²) < 4.78 is 14.1. The molecule has 0 fully saturated rings. The largest absolute Gasteiger partial charge is 0.388 e. The second-order valence-electron chi connectivity index (χ2n) is 3.32. The summed E-state index contributed by atoms with van der Waals surface area (Å²) in [5, 5.41) is 9.96. The van der Waals surface area contributed by atoms with Gasteiger partial charge in [0.2, 0.25) is 0 Å². The first-order valence-corrected chi connectivity index (χ1v) is 6.35. The zero-order valence-corrected chi connectivity index (χ0v) is 10.6. The van der Waals surface area contributed by atoms with Crippen LogP contribution in [0.15, 0.2) is 34.4 Å². The maximum atomic E-state index is 13.5. The summed E-state index contributed by atoms with van der Waals surface area (Å²) in [6.45, 7) is 0. The first-order chi connectivity index (χ1) is 7.68. The van der Waals surface area contributed by atoms with Gasteiger partial charge in [0, 0.05) is 27.5 Å². The van der Waals surface area contributed by atoms with Crippen molar-refractivity contribution in [1.29, 1.82) is 0 Å². The first-order valence-electron chi connectivity index (χ1n) is 4.68. The molecule has 0 aliphatic rings. The lowest BCUT2D eigenvalue weighted by molar-refractivity contribution is 0.173. The van der Waals surface area contributed by atoms with Crippen LogP contribution in [0.25, 0.3) is 0 Å². The number of rotatable bonds is 3. The van der Waals surface area contributed by atoms with E-state index in [2.05, 4.69) is 20.9 Å². The molecule has 1 unspecified atom stereocenters. The summed E-state index contributed by atoms with van der Waals surface area (Å²) in [4.78, 5) is 4.85. The second kappa shape index (κ2) is 5.03. The third-order valence-electron chi connectivity index (χ3n) is 2.21. The van der Waals surface area contributed by atoms with E-state index in [9.17, 15) is 9.50 Å². The minimum atomic E-state index is -0.851.